The van der Waals surface area contributed by atoms with Gasteiger partial charge in [-0.05, 0) is 35.9 Å². The van der Waals surface area contributed by atoms with Crippen LogP contribution >= 0.6 is 23.5 Å². The Balaban J connectivity index is 1.59. The van der Waals surface area contributed by atoms with E-state index in [1.165, 1.54) is 23.5 Å². The number of nitrogens with two attached hydrogens (primary N) is 1. The highest BCUT2D eigenvalue weighted by atomic mass is 32.2. The van der Waals surface area contributed by atoms with E-state index in [2.05, 4.69) is 0 Å². The molecule has 0 unspecified atom stereocenters. The fourth-order valence-electron chi connectivity index (χ4n) is 3.38. The van der Waals surface area contributed by atoms with E-state index in [-0.39, 0.29) is 5.78 Å². The van der Waals surface area contributed by atoms with E-state index in [4.69, 9.17) is 5.73 Å². The molecule has 3 aromatic carbocycles. The van der Waals surface area contributed by atoms with Gasteiger partial charge in [0, 0.05) is 28.1 Å². The first-order valence-corrected chi connectivity index (χ1v) is 12.6. The van der Waals surface area contributed by atoms with Crippen molar-refractivity contribution >= 4 is 41.3 Å². The van der Waals surface area contributed by atoms with Gasteiger partial charge in [-0.2, -0.15) is 0 Å². The number of allylic oxidation sites excluding steroid dienone is 1. The first-order chi connectivity index (χ1) is 16.6. The molecule has 1 aromatic heterocycles. The van der Waals surface area contributed by atoms with E-state index < -0.39 is 10.5 Å². The number of ketones is 1. The van der Waals surface area contributed by atoms with Crippen molar-refractivity contribution in [3.8, 4) is 0 Å². The van der Waals surface area contributed by atoms with Gasteiger partial charge in [-0.1, -0.05) is 78.9 Å². The van der Waals surface area contributed by atoms with Gasteiger partial charge in [0.05, 0.1) is 0 Å². The molecule has 0 radical (unpaired) electrons. The van der Waals surface area contributed by atoms with E-state index in [1.807, 2.05) is 103 Å². The van der Waals surface area contributed by atoms with Crippen LogP contribution in [0.1, 0.15) is 26.4 Å². The van der Waals surface area contributed by atoms with Gasteiger partial charge >= 0.3 is 0 Å². The highest BCUT2D eigenvalue weighted by Crippen LogP contribution is 2.37. The number of carbonyl (C=O) groups is 2. The number of hydrogen-bond acceptors (Lipinski definition) is 4. The Bertz CT molecular complexity index is 1230. The monoisotopic (exact) mass is 484 g/mol. The van der Waals surface area contributed by atoms with Crippen molar-refractivity contribution in [2.24, 2.45) is 5.73 Å². The summed E-state index contributed by atoms with van der Waals surface area (Å²) in [5.74, 6) is -0.619. The summed E-state index contributed by atoms with van der Waals surface area (Å²) in [5, 5.41) is 0. The Morgan fingerprint density at radius 2 is 1.35 bits per heavy atom. The molecule has 34 heavy (non-hydrogen) atoms. The van der Waals surface area contributed by atoms with E-state index in [1.54, 1.807) is 16.8 Å². The lowest BCUT2D eigenvalue weighted by Gasteiger charge is -2.14. The van der Waals surface area contributed by atoms with Crippen LogP contribution in [0.3, 0.4) is 0 Å². The van der Waals surface area contributed by atoms with Crippen LogP contribution in [0.2, 0.25) is 0 Å². The van der Waals surface area contributed by atoms with Gasteiger partial charge in [-0.3, -0.25) is 9.59 Å². The van der Waals surface area contributed by atoms with Crippen LogP contribution in [0, 0.1) is 0 Å². The Morgan fingerprint density at radius 3 is 1.88 bits per heavy atom. The molecule has 0 bridgehead atoms. The Labute approximate surface area is 207 Å². The van der Waals surface area contributed by atoms with Crippen LogP contribution in [-0.2, 0) is 6.54 Å². The predicted octanol–water partition coefficient (Wildman–Crippen LogP) is 6.39. The van der Waals surface area contributed by atoms with Crippen molar-refractivity contribution in [3.05, 3.63) is 126 Å². The van der Waals surface area contributed by atoms with Crippen LogP contribution < -0.4 is 5.73 Å². The van der Waals surface area contributed by atoms with E-state index in [0.29, 0.717) is 17.8 Å². The predicted molar refractivity (Wildman–Crippen MR) is 141 cm³/mol. The number of nitrogens with zero attached hydrogens (tertiary/aromatic N) is 1. The minimum absolute atomic E-state index is 0.0593. The van der Waals surface area contributed by atoms with Gasteiger partial charge in [-0.25, -0.2) is 0 Å². The number of amides is 1. The van der Waals surface area contributed by atoms with Crippen LogP contribution in [0.25, 0.3) is 6.08 Å². The Kier molecular flexibility index (Phi) is 8.07. The summed E-state index contributed by atoms with van der Waals surface area (Å²) >= 11 is 3.00. The summed E-state index contributed by atoms with van der Waals surface area (Å²) < 4.78 is 1.31. The topological polar surface area (TPSA) is 65.1 Å². The largest absolute Gasteiger partial charge is 0.364 e. The highest BCUT2D eigenvalue weighted by Gasteiger charge is 2.25. The zero-order valence-corrected chi connectivity index (χ0v) is 20.0. The molecular formula is C28H24N2O2S2. The van der Waals surface area contributed by atoms with E-state index >= 15 is 0 Å². The summed E-state index contributed by atoms with van der Waals surface area (Å²) in [5.41, 5.74) is 7.47. The maximum Gasteiger partial charge on any atom is 0.265 e. The van der Waals surface area contributed by atoms with Crippen LogP contribution in [-0.4, -0.2) is 20.8 Å². The molecule has 0 fully saturated rings. The quantitative estimate of drug-likeness (QED) is 0.161. The third-order valence-electron chi connectivity index (χ3n) is 5.03. The van der Waals surface area contributed by atoms with Crippen molar-refractivity contribution in [1.82, 2.24) is 4.57 Å². The summed E-state index contributed by atoms with van der Waals surface area (Å²) in [4.78, 5) is 27.7. The third kappa shape index (κ3) is 6.31. The molecule has 4 nitrogen and oxygen atoms in total. The molecule has 2 N–H and O–H groups in total. The number of aromatic nitrogens is 1. The fourth-order valence-corrected chi connectivity index (χ4v) is 5.85. The molecule has 4 aromatic rings. The van der Waals surface area contributed by atoms with Gasteiger partial charge in [0.2, 0.25) is 0 Å². The second-order valence-corrected chi connectivity index (χ2v) is 10.2. The lowest BCUT2D eigenvalue weighted by atomic mass is 10.2. The number of primary amides is 1. The number of Topliss-reactive ketones (excluding diaryl/α,β-unsaturated/α-hetero) is 1. The average Bonchev–Trinajstić information content (AvgIpc) is 3.30. The maximum absolute atomic E-state index is 13.6. The lowest BCUT2D eigenvalue weighted by Crippen LogP contribution is -2.16. The molecule has 1 amide bonds. The molecule has 0 aliphatic carbocycles. The average molecular weight is 485 g/mol. The van der Waals surface area contributed by atoms with Gasteiger partial charge in [-0.15, -0.1) is 23.5 Å². The smallest absolute Gasteiger partial charge is 0.265 e. The van der Waals surface area contributed by atoms with Crippen LogP contribution in [0.4, 0.5) is 0 Å². The number of thioether (sulfide) groups is 2. The highest BCUT2D eigenvalue weighted by molar-refractivity contribution is 8.18. The van der Waals surface area contributed by atoms with E-state index in [9.17, 15) is 9.59 Å². The summed E-state index contributed by atoms with van der Waals surface area (Å²) in [6.45, 7) is 0.433. The van der Waals surface area contributed by atoms with Gasteiger partial charge in [0.15, 0.2) is 5.78 Å². The van der Waals surface area contributed by atoms with Gasteiger partial charge < -0.3 is 10.3 Å². The molecule has 0 spiro atoms. The molecule has 0 saturated carbocycles. The zero-order valence-electron chi connectivity index (χ0n) is 18.4. The molecule has 1 heterocycles. The maximum atomic E-state index is 13.6. The van der Waals surface area contributed by atoms with E-state index in [0.717, 1.165) is 15.4 Å². The second-order valence-electron chi connectivity index (χ2n) is 7.50. The Morgan fingerprint density at radius 1 is 0.824 bits per heavy atom. The SMILES string of the molecule is NC(=O)c1cc(C(=O)C(Sc2ccccc2)Sc2ccccc2)cn1C/C=C/c1ccccc1. The van der Waals surface area contributed by atoms with Crippen LogP contribution in [0.5, 0.6) is 0 Å². The van der Waals surface area contributed by atoms with Crippen molar-refractivity contribution in [1.29, 1.82) is 0 Å². The number of hydrogen-bond donors (Lipinski definition) is 1. The molecule has 0 aliphatic heterocycles. The normalized spacial score (nSPS) is 11.2. The summed E-state index contributed by atoms with van der Waals surface area (Å²) in [6.07, 6.45) is 5.65. The first-order valence-electron chi connectivity index (χ1n) is 10.8. The van der Waals surface area contributed by atoms with Crippen LogP contribution in [0.15, 0.2) is 119 Å². The summed E-state index contributed by atoms with van der Waals surface area (Å²) in [6, 6.07) is 31.2. The molecule has 6 heteroatoms. The Hall–Kier alpha value is -3.48. The number of carbonyl (C=O) groups excluding carboxylic acids is 2. The lowest BCUT2D eigenvalue weighted by molar-refractivity contribution is 0.0990. The third-order valence-corrected chi connectivity index (χ3v) is 7.55. The van der Waals surface area contributed by atoms with Crippen molar-refractivity contribution in [2.75, 3.05) is 0 Å². The fraction of sp³-hybridized carbons (Fsp3) is 0.0714. The molecular weight excluding hydrogens is 460 g/mol. The van der Waals surface area contributed by atoms with Crippen molar-refractivity contribution < 1.29 is 9.59 Å². The number of rotatable bonds is 10. The summed E-state index contributed by atoms with van der Waals surface area (Å²) in [7, 11) is 0. The van der Waals surface area contributed by atoms with Gasteiger partial charge in [0.25, 0.3) is 5.91 Å². The molecule has 0 saturated heterocycles. The zero-order chi connectivity index (χ0) is 23.8. The number of benzene rings is 3. The second kappa shape index (κ2) is 11.6. The molecule has 0 aliphatic rings. The minimum atomic E-state index is -0.560. The van der Waals surface area contributed by atoms with Gasteiger partial charge in [0.1, 0.15) is 10.3 Å². The molecule has 170 valence electrons. The van der Waals surface area contributed by atoms with Crippen molar-refractivity contribution in [2.45, 2.75) is 20.9 Å². The molecule has 4 rings (SSSR count). The first kappa shape index (κ1) is 23.7. The minimum Gasteiger partial charge on any atom is -0.364 e. The molecule has 0 atom stereocenters. The standard InChI is InChI=1S/C28H24N2O2S2/c29-27(32)25-19-22(20-30(25)18-10-13-21-11-4-1-5-12-21)26(31)28(33-23-14-6-2-7-15-23)34-24-16-8-3-9-17-24/h1-17,19-20,28H,18H2,(H2,29,32)/b13-10+. The van der Waals surface area contributed by atoms with Crippen molar-refractivity contribution in [3.63, 3.8) is 0 Å².